The van der Waals surface area contributed by atoms with Crippen LogP contribution < -0.4 is 5.32 Å². The first-order valence-corrected chi connectivity index (χ1v) is 8.10. The fraction of sp³-hybridized carbons (Fsp3) is 1.00. The van der Waals surface area contributed by atoms with Crippen molar-refractivity contribution in [3.05, 3.63) is 0 Å². The molecular weight excluding hydrogens is 220 g/mol. The smallest absolute Gasteiger partial charge is 0.00702 e. The maximum atomic E-state index is 3.63. The fourth-order valence-electron chi connectivity index (χ4n) is 4.12. The number of hydrogen-bond donors (Lipinski definition) is 1. The standard InChI is InChI=1S/C16H32N2/c1-4-17-12-16(8-6-5-7-9-16)13-18-11-14(2)10-15(18)3/h14-15,17H,4-13H2,1-3H3. The van der Waals surface area contributed by atoms with Gasteiger partial charge in [-0.05, 0) is 44.1 Å². The predicted octanol–water partition coefficient (Wildman–Crippen LogP) is 3.28. The van der Waals surface area contributed by atoms with Gasteiger partial charge in [0.05, 0.1) is 0 Å². The minimum Gasteiger partial charge on any atom is -0.316 e. The first kappa shape index (κ1) is 14.3. The molecule has 2 unspecified atom stereocenters. The normalized spacial score (nSPS) is 32.8. The van der Waals surface area contributed by atoms with Crippen LogP contribution in [0.15, 0.2) is 0 Å². The summed E-state index contributed by atoms with van der Waals surface area (Å²) in [6.07, 6.45) is 8.64. The summed E-state index contributed by atoms with van der Waals surface area (Å²) in [6, 6.07) is 0.806. The van der Waals surface area contributed by atoms with Crippen LogP contribution in [-0.2, 0) is 0 Å². The molecule has 0 aromatic rings. The Balaban J connectivity index is 1.95. The second-order valence-electron chi connectivity index (χ2n) is 6.96. The highest BCUT2D eigenvalue weighted by atomic mass is 15.2. The third-order valence-electron chi connectivity index (χ3n) is 5.12. The molecule has 1 aliphatic heterocycles. The molecule has 2 fully saturated rings. The molecule has 1 saturated heterocycles. The molecule has 1 N–H and O–H groups in total. The summed E-state index contributed by atoms with van der Waals surface area (Å²) in [7, 11) is 0. The molecule has 0 amide bonds. The predicted molar refractivity (Wildman–Crippen MR) is 78.9 cm³/mol. The van der Waals surface area contributed by atoms with E-state index in [1.54, 1.807) is 0 Å². The van der Waals surface area contributed by atoms with Crippen LogP contribution in [0.2, 0.25) is 0 Å². The van der Waals surface area contributed by atoms with Crippen molar-refractivity contribution in [3.8, 4) is 0 Å². The van der Waals surface area contributed by atoms with Crippen molar-refractivity contribution in [2.24, 2.45) is 11.3 Å². The number of likely N-dealkylation sites (tertiary alicyclic amines) is 1. The number of nitrogens with one attached hydrogen (secondary N) is 1. The highest BCUT2D eigenvalue weighted by molar-refractivity contribution is 4.91. The van der Waals surface area contributed by atoms with Gasteiger partial charge in [0.2, 0.25) is 0 Å². The summed E-state index contributed by atoms with van der Waals surface area (Å²) in [6.45, 7) is 12.1. The van der Waals surface area contributed by atoms with Crippen LogP contribution in [-0.4, -0.2) is 37.1 Å². The Hall–Kier alpha value is -0.0800. The largest absolute Gasteiger partial charge is 0.316 e. The summed E-state index contributed by atoms with van der Waals surface area (Å²) in [4.78, 5) is 2.77. The molecule has 2 atom stereocenters. The first-order valence-electron chi connectivity index (χ1n) is 8.10. The van der Waals surface area contributed by atoms with Crippen LogP contribution in [0.25, 0.3) is 0 Å². The number of hydrogen-bond acceptors (Lipinski definition) is 2. The highest BCUT2D eigenvalue weighted by Crippen LogP contribution is 2.38. The topological polar surface area (TPSA) is 15.3 Å². The van der Waals surface area contributed by atoms with E-state index in [0.29, 0.717) is 5.41 Å². The Morgan fingerprint density at radius 3 is 2.44 bits per heavy atom. The molecule has 0 aromatic heterocycles. The van der Waals surface area contributed by atoms with E-state index >= 15 is 0 Å². The first-order chi connectivity index (χ1) is 8.65. The van der Waals surface area contributed by atoms with Crippen molar-refractivity contribution in [1.29, 1.82) is 0 Å². The van der Waals surface area contributed by atoms with Crippen LogP contribution in [0.5, 0.6) is 0 Å². The maximum absolute atomic E-state index is 3.63. The van der Waals surface area contributed by atoms with Gasteiger partial charge >= 0.3 is 0 Å². The summed E-state index contributed by atoms with van der Waals surface area (Å²) in [5.74, 6) is 0.903. The van der Waals surface area contributed by atoms with E-state index < -0.39 is 0 Å². The lowest BCUT2D eigenvalue weighted by Gasteiger charge is -2.41. The van der Waals surface area contributed by atoms with Gasteiger partial charge in [-0.25, -0.2) is 0 Å². The maximum Gasteiger partial charge on any atom is 0.00702 e. The lowest BCUT2D eigenvalue weighted by atomic mass is 9.73. The van der Waals surface area contributed by atoms with Crippen molar-refractivity contribution in [2.45, 2.75) is 65.3 Å². The van der Waals surface area contributed by atoms with Gasteiger partial charge in [-0.2, -0.15) is 0 Å². The van der Waals surface area contributed by atoms with Crippen LogP contribution in [0.4, 0.5) is 0 Å². The molecule has 106 valence electrons. The zero-order valence-corrected chi connectivity index (χ0v) is 12.7. The van der Waals surface area contributed by atoms with E-state index in [1.807, 2.05) is 0 Å². The molecule has 2 rings (SSSR count). The molecule has 2 nitrogen and oxygen atoms in total. The van der Waals surface area contributed by atoms with Crippen molar-refractivity contribution < 1.29 is 0 Å². The van der Waals surface area contributed by atoms with Crippen LogP contribution in [0.3, 0.4) is 0 Å². The molecular formula is C16H32N2. The van der Waals surface area contributed by atoms with E-state index in [0.717, 1.165) is 18.5 Å². The van der Waals surface area contributed by atoms with Gasteiger partial charge in [-0.1, -0.05) is 33.1 Å². The lowest BCUT2D eigenvalue weighted by Crippen LogP contribution is -2.46. The van der Waals surface area contributed by atoms with Gasteiger partial charge in [0.15, 0.2) is 0 Å². The monoisotopic (exact) mass is 252 g/mol. The molecule has 0 bridgehead atoms. The minimum absolute atomic E-state index is 0.576. The quantitative estimate of drug-likeness (QED) is 0.808. The molecule has 1 aliphatic carbocycles. The Bertz CT molecular complexity index is 245. The van der Waals surface area contributed by atoms with E-state index in [1.165, 1.54) is 58.2 Å². The summed E-state index contributed by atoms with van der Waals surface area (Å²) < 4.78 is 0. The highest BCUT2D eigenvalue weighted by Gasteiger charge is 2.37. The number of rotatable bonds is 5. The number of nitrogens with zero attached hydrogens (tertiary/aromatic N) is 1. The second kappa shape index (κ2) is 6.38. The molecule has 2 heteroatoms. The van der Waals surface area contributed by atoms with E-state index in [4.69, 9.17) is 0 Å². The lowest BCUT2D eigenvalue weighted by molar-refractivity contribution is 0.0978. The van der Waals surface area contributed by atoms with E-state index in [2.05, 4.69) is 31.0 Å². The van der Waals surface area contributed by atoms with Gasteiger partial charge < -0.3 is 5.32 Å². The fourth-order valence-corrected chi connectivity index (χ4v) is 4.12. The van der Waals surface area contributed by atoms with Gasteiger partial charge in [0.25, 0.3) is 0 Å². The zero-order valence-electron chi connectivity index (χ0n) is 12.7. The second-order valence-corrected chi connectivity index (χ2v) is 6.96. The van der Waals surface area contributed by atoms with Gasteiger partial charge in [0.1, 0.15) is 0 Å². The average Bonchev–Trinajstić information content (AvgIpc) is 2.66. The Morgan fingerprint density at radius 1 is 1.17 bits per heavy atom. The van der Waals surface area contributed by atoms with Gasteiger partial charge in [0, 0.05) is 25.7 Å². The zero-order chi connectivity index (χ0) is 13.0. The van der Waals surface area contributed by atoms with E-state index in [-0.39, 0.29) is 0 Å². The third-order valence-corrected chi connectivity index (χ3v) is 5.12. The molecule has 0 aromatic carbocycles. The Labute approximate surface area is 114 Å². The van der Waals surface area contributed by atoms with Gasteiger partial charge in [-0.3, -0.25) is 4.90 Å². The molecule has 1 saturated carbocycles. The average molecular weight is 252 g/mol. The van der Waals surface area contributed by atoms with Gasteiger partial charge in [-0.15, -0.1) is 0 Å². The summed E-state index contributed by atoms with van der Waals surface area (Å²) in [5.41, 5.74) is 0.576. The third kappa shape index (κ3) is 3.48. The van der Waals surface area contributed by atoms with Crippen LogP contribution >= 0.6 is 0 Å². The Morgan fingerprint density at radius 2 is 1.89 bits per heavy atom. The minimum atomic E-state index is 0.576. The summed E-state index contributed by atoms with van der Waals surface area (Å²) >= 11 is 0. The molecule has 0 spiro atoms. The molecule has 18 heavy (non-hydrogen) atoms. The van der Waals surface area contributed by atoms with Crippen LogP contribution in [0.1, 0.15) is 59.3 Å². The molecule has 2 aliphatic rings. The Kier molecular flexibility index (Phi) is 5.08. The molecule has 1 heterocycles. The van der Waals surface area contributed by atoms with E-state index in [9.17, 15) is 0 Å². The van der Waals surface area contributed by atoms with Crippen molar-refractivity contribution >= 4 is 0 Å². The van der Waals surface area contributed by atoms with Crippen molar-refractivity contribution in [3.63, 3.8) is 0 Å². The van der Waals surface area contributed by atoms with Crippen molar-refractivity contribution in [2.75, 3.05) is 26.2 Å². The SMILES string of the molecule is CCNCC1(CN2CC(C)CC2C)CCCCC1. The van der Waals surface area contributed by atoms with Crippen molar-refractivity contribution in [1.82, 2.24) is 10.2 Å². The summed E-state index contributed by atoms with van der Waals surface area (Å²) in [5, 5.41) is 3.63. The molecule has 0 radical (unpaired) electrons. The van der Waals surface area contributed by atoms with Crippen LogP contribution in [0, 0.1) is 11.3 Å².